The summed E-state index contributed by atoms with van der Waals surface area (Å²) in [6, 6.07) is 0. The second-order valence-corrected chi connectivity index (χ2v) is 9.74. The molecule has 0 aliphatic heterocycles. The molecule has 2 saturated carbocycles. The van der Waals surface area contributed by atoms with Gasteiger partial charge in [-0.3, -0.25) is 0 Å². The molecule has 3 aliphatic carbocycles. The van der Waals surface area contributed by atoms with Gasteiger partial charge < -0.3 is 15.1 Å². The van der Waals surface area contributed by atoms with Gasteiger partial charge in [0.2, 0.25) is 0 Å². The van der Waals surface area contributed by atoms with Gasteiger partial charge in [0.1, 0.15) is 7.11 Å². The van der Waals surface area contributed by atoms with Gasteiger partial charge in [0, 0.05) is 6.42 Å². The molecule has 0 bridgehead atoms. The van der Waals surface area contributed by atoms with Gasteiger partial charge in [0.15, 0.2) is 0 Å². The van der Waals surface area contributed by atoms with E-state index in [1.54, 1.807) is 12.7 Å². The van der Waals surface area contributed by atoms with Crippen LogP contribution in [0.25, 0.3) is 0 Å². The summed E-state index contributed by atoms with van der Waals surface area (Å²) in [6.07, 6.45) is 16.6. The van der Waals surface area contributed by atoms with Crippen LogP contribution in [0.5, 0.6) is 0 Å². The normalized spacial score (nSPS) is 35.5. The molecule has 0 radical (unpaired) electrons. The number of rotatable bonds is 6. The van der Waals surface area contributed by atoms with Gasteiger partial charge >= 0.3 is 0 Å². The third-order valence-corrected chi connectivity index (χ3v) is 7.49. The van der Waals surface area contributed by atoms with Crippen molar-refractivity contribution >= 4 is 5.71 Å². The van der Waals surface area contributed by atoms with Crippen molar-refractivity contribution in [2.24, 2.45) is 22.4 Å². The van der Waals surface area contributed by atoms with Gasteiger partial charge in [-0.15, -0.1) is 0 Å². The largest absolute Gasteiger partial charge is 0.399 e. The Morgan fingerprint density at radius 2 is 2.16 bits per heavy atom. The van der Waals surface area contributed by atoms with Crippen LogP contribution in [-0.2, 0) is 4.84 Å². The van der Waals surface area contributed by atoms with Gasteiger partial charge in [-0.05, 0) is 79.9 Å². The first-order valence-corrected chi connectivity index (χ1v) is 11.7. The summed E-state index contributed by atoms with van der Waals surface area (Å²) in [5, 5.41) is 24.1. The summed E-state index contributed by atoms with van der Waals surface area (Å²) in [5.74, 6) is 1.05. The van der Waals surface area contributed by atoms with Crippen LogP contribution in [0.1, 0.15) is 65.7 Å². The molecule has 0 spiro atoms. The Hall–Kier alpha value is -1.91. The van der Waals surface area contributed by atoms with Crippen molar-refractivity contribution in [3.63, 3.8) is 0 Å². The van der Waals surface area contributed by atoms with E-state index in [2.05, 4.69) is 49.9 Å². The van der Waals surface area contributed by atoms with E-state index >= 15 is 0 Å². The van der Waals surface area contributed by atoms with Gasteiger partial charge in [0.05, 0.1) is 17.9 Å². The van der Waals surface area contributed by atoms with Gasteiger partial charge in [-0.1, -0.05) is 61.0 Å². The lowest BCUT2D eigenvalue weighted by molar-refractivity contribution is 0.0862. The molecule has 0 heterocycles. The first-order valence-electron chi connectivity index (χ1n) is 11.7. The number of nitrogens with zero attached hydrogens (tertiary/aromatic N) is 1. The van der Waals surface area contributed by atoms with Crippen LogP contribution in [0, 0.1) is 17.3 Å². The number of oxime groups is 1. The lowest BCUT2D eigenvalue weighted by atomic mass is 9.62. The molecular formula is C27H39NO3. The fourth-order valence-corrected chi connectivity index (χ4v) is 5.83. The van der Waals surface area contributed by atoms with E-state index < -0.39 is 12.2 Å². The average molecular weight is 426 g/mol. The summed E-state index contributed by atoms with van der Waals surface area (Å²) < 4.78 is 0. The average Bonchev–Trinajstić information content (AvgIpc) is 3.07. The number of hydrogen-bond donors (Lipinski definition) is 2. The third kappa shape index (κ3) is 5.30. The molecule has 0 saturated heterocycles. The molecule has 4 nitrogen and oxygen atoms in total. The topological polar surface area (TPSA) is 62.0 Å². The molecule has 5 atom stereocenters. The molecule has 4 heteroatoms. The highest BCUT2D eigenvalue weighted by Crippen LogP contribution is 2.56. The van der Waals surface area contributed by atoms with Crippen molar-refractivity contribution < 1.29 is 15.1 Å². The van der Waals surface area contributed by atoms with Crippen LogP contribution in [0.15, 0.2) is 64.4 Å². The molecular weight excluding hydrogens is 386 g/mol. The Morgan fingerprint density at radius 1 is 1.39 bits per heavy atom. The molecule has 3 rings (SSSR count). The van der Waals surface area contributed by atoms with Crippen LogP contribution in [0.3, 0.4) is 0 Å². The van der Waals surface area contributed by atoms with Crippen LogP contribution < -0.4 is 0 Å². The zero-order valence-corrected chi connectivity index (χ0v) is 19.6. The number of allylic oxidation sites excluding steroid dienone is 7. The quantitative estimate of drug-likeness (QED) is 0.328. The summed E-state index contributed by atoms with van der Waals surface area (Å²) in [7, 11) is 1.57. The maximum absolute atomic E-state index is 10.1. The van der Waals surface area contributed by atoms with Crippen LogP contribution in [0.2, 0.25) is 0 Å². The van der Waals surface area contributed by atoms with Crippen LogP contribution in [0.4, 0.5) is 0 Å². The molecule has 0 aromatic heterocycles. The van der Waals surface area contributed by atoms with E-state index in [9.17, 15) is 10.2 Å². The number of fused-ring (bicyclic) bond motifs is 1. The Bertz CT molecular complexity index is 831. The van der Waals surface area contributed by atoms with E-state index in [4.69, 9.17) is 4.84 Å². The van der Waals surface area contributed by atoms with Crippen molar-refractivity contribution in [1.82, 2.24) is 0 Å². The maximum atomic E-state index is 10.1. The summed E-state index contributed by atoms with van der Waals surface area (Å²) in [5.41, 5.74) is 5.95. The number of aliphatic hydroxyl groups is 2. The Kier molecular flexibility index (Phi) is 7.77. The van der Waals surface area contributed by atoms with Crippen molar-refractivity contribution in [3.05, 3.63) is 59.3 Å². The molecule has 2 N–H and O–H groups in total. The van der Waals surface area contributed by atoms with Crippen molar-refractivity contribution in [2.45, 2.75) is 77.9 Å². The van der Waals surface area contributed by atoms with Crippen molar-refractivity contribution in [2.75, 3.05) is 7.11 Å². The first-order chi connectivity index (χ1) is 14.8. The highest BCUT2D eigenvalue weighted by molar-refractivity contribution is 5.92. The Morgan fingerprint density at radius 3 is 2.90 bits per heavy atom. The minimum atomic E-state index is -0.628. The van der Waals surface area contributed by atoms with E-state index in [0.29, 0.717) is 24.7 Å². The third-order valence-electron chi connectivity index (χ3n) is 7.49. The van der Waals surface area contributed by atoms with Gasteiger partial charge in [-0.2, -0.15) is 0 Å². The van der Waals surface area contributed by atoms with Gasteiger partial charge in [-0.25, -0.2) is 0 Å². The summed E-state index contributed by atoms with van der Waals surface area (Å²) in [4.78, 5) is 4.83. The van der Waals surface area contributed by atoms with E-state index in [1.807, 2.05) is 13.0 Å². The summed E-state index contributed by atoms with van der Waals surface area (Å²) >= 11 is 0. The predicted octanol–water partition coefficient (Wildman–Crippen LogP) is 5.65. The van der Waals surface area contributed by atoms with E-state index in [1.165, 1.54) is 18.4 Å². The predicted molar refractivity (Wildman–Crippen MR) is 128 cm³/mol. The Labute approximate surface area is 187 Å². The number of aliphatic hydroxyl groups excluding tert-OH is 2. The highest BCUT2D eigenvalue weighted by Gasteiger charge is 2.45. The zero-order chi connectivity index (χ0) is 22.6. The van der Waals surface area contributed by atoms with Gasteiger partial charge in [0.25, 0.3) is 0 Å². The molecule has 0 aromatic rings. The Balaban J connectivity index is 1.73. The fourth-order valence-electron chi connectivity index (χ4n) is 5.83. The molecule has 0 amide bonds. The lowest BCUT2D eigenvalue weighted by Crippen LogP contribution is -2.32. The standard InChI is InChI=1S/C27H39NO3/c1-18(8-6-9-19(2)28-31-5)24-13-14-25-21(10-7-15-27(24,25)4)11-12-22-16-23(29)17-26(30)20(22)3/h6,9,11-13,18,23,25-26,29-30H,3,7-8,10,14-17H2,1-2,4-5H3/b9-6+,21-11+,22-12-,28-19-/t18-,23-,25+,26+,27-/m1/s1. The smallest absolute Gasteiger partial charge is 0.106 e. The molecule has 3 aliphatic rings. The minimum absolute atomic E-state index is 0.216. The second-order valence-electron chi connectivity index (χ2n) is 9.74. The van der Waals surface area contributed by atoms with E-state index in [-0.39, 0.29) is 5.41 Å². The van der Waals surface area contributed by atoms with Crippen molar-refractivity contribution in [3.8, 4) is 0 Å². The molecule has 2 fully saturated rings. The van der Waals surface area contributed by atoms with Crippen LogP contribution >= 0.6 is 0 Å². The fraction of sp³-hybridized carbons (Fsp3) is 0.593. The minimum Gasteiger partial charge on any atom is -0.399 e. The van der Waals surface area contributed by atoms with E-state index in [0.717, 1.165) is 36.1 Å². The molecule has 170 valence electrons. The summed E-state index contributed by atoms with van der Waals surface area (Å²) in [6.45, 7) is 10.8. The van der Waals surface area contributed by atoms with Crippen molar-refractivity contribution in [1.29, 1.82) is 0 Å². The number of hydrogen-bond acceptors (Lipinski definition) is 4. The van der Waals surface area contributed by atoms with Crippen LogP contribution in [-0.4, -0.2) is 35.2 Å². The maximum Gasteiger partial charge on any atom is 0.106 e. The molecule has 0 aromatic carbocycles. The lowest BCUT2D eigenvalue weighted by Gasteiger charge is -2.42. The molecule has 31 heavy (non-hydrogen) atoms. The molecule has 0 unspecified atom stereocenters. The second kappa shape index (κ2) is 10.1. The SMILES string of the molecule is C=C1/C(=C\C=C2/CCC[C@]3(C)C([C@H](C)C/C=C/C(C)=N\OC)=CC[C@@H]23)C[C@@H](O)C[C@@H]1O. The monoisotopic (exact) mass is 425 g/mol. The zero-order valence-electron chi connectivity index (χ0n) is 19.6. The first kappa shape index (κ1) is 23.7. The highest BCUT2D eigenvalue weighted by atomic mass is 16.6.